The molecule has 8 heteroatoms. The summed E-state index contributed by atoms with van der Waals surface area (Å²) in [5.74, 6) is 0. The van der Waals surface area contributed by atoms with Crippen LogP contribution in [0.4, 0.5) is 0 Å². The van der Waals surface area contributed by atoms with E-state index in [2.05, 4.69) is 79.9 Å². The normalized spacial score (nSPS) is 13.3. The molecule has 0 bridgehead atoms. The van der Waals surface area contributed by atoms with Crippen molar-refractivity contribution in [1.29, 1.82) is 0 Å². The van der Waals surface area contributed by atoms with E-state index in [9.17, 15) is 0 Å². The molecule has 0 saturated carbocycles. The first-order valence-corrected chi connectivity index (χ1v) is 13.7. The minimum atomic E-state index is -0.0586. The van der Waals surface area contributed by atoms with E-state index in [-0.39, 0.29) is 31.9 Å². The van der Waals surface area contributed by atoms with E-state index in [0.29, 0.717) is 0 Å². The van der Waals surface area contributed by atoms with Crippen LogP contribution in [0.1, 0.15) is 76.9 Å². The maximum Gasteiger partial charge on any atom is 2.00 e. The van der Waals surface area contributed by atoms with Crippen LogP contribution in [0.3, 0.4) is 0 Å². The number of nitrogens with zero attached hydrogens (tertiary/aromatic N) is 7. The van der Waals surface area contributed by atoms with E-state index >= 15 is 0 Å². The average molecular weight is 716 g/mol. The van der Waals surface area contributed by atoms with Crippen molar-refractivity contribution in [2.24, 2.45) is 7.05 Å². The Kier molecular flexibility index (Phi) is 8.74. The molecule has 0 atom stereocenters. The van der Waals surface area contributed by atoms with Crippen LogP contribution in [0.2, 0.25) is 0 Å². The largest absolute Gasteiger partial charge is 2.00 e. The van der Waals surface area contributed by atoms with Gasteiger partial charge in [0, 0.05) is 53.3 Å². The summed E-state index contributed by atoms with van der Waals surface area (Å²) in [6, 6.07) is 10.3. The summed E-state index contributed by atoms with van der Waals surface area (Å²) in [7, 11) is 2.04. The Labute approximate surface area is 251 Å². The molecule has 7 nitrogen and oxygen atoms in total. The zero-order valence-electron chi connectivity index (χ0n) is 24.5. The van der Waals surface area contributed by atoms with Crippen molar-refractivity contribution < 1.29 is 25.7 Å². The summed E-state index contributed by atoms with van der Waals surface area (Å²) >= 11 is 0. The molecule has 1 aliphatic rings. The van der Waals surface area contributed by atoms with Crippen LogP contribution in [0, 0.1) is 0 Å². The van der Waals surface area contributed by atoms with Gasteiger partial charge in [0.1, 0.15) is 7.05 Å². The van der Waals surface area contributed by atoms with Gasteiger partial charge in [-0.05, 0) is 59.9 Å². The molecule has 0 aromatic carbocycles. The second-order valence-electron chi connectivity index (χ2n) is 12.4. The summed E-state index contributed by atoms with van der Waals surface area (Å²) in [5, 5.41) is 15.8. The molecule has 5 heterocycles. The van der Waals surface area contributed by atoms with E-state index in [4.69, 9.17) is 10.1 Å². The number of rotatable bonds is 2. The fourth-order valence-corrected chi connectivity index (χ4v) is 5.01. The fourth-order valence-electron chi connectivity index (χ4n) is 5.01. The predicted molar refractivity (Wildman–Crippen MR) is 154 cm³/mol. The zero-order valence-corrected chi connectivity index (χ0v) is 26.7. The van der Waals surface area contributed by atoms with Crippen molar-refractivity contribution in [3.8, 4) is 22.8 Å². The molecule has 0 fully saturated rings. The molecule has 0 spiro atoms. The smallest absolute Gasteiger partial charge is 0.573 e. The van der Waals surface area contributed by atoms with E-state index in [0.717, 1.165) is 52.1 Å². The first-order valence-electron chi connectivity index (χ1n) is 13.7. The van der Waals surface area contributed by atoms with Gasteiger partial charge in [0.2, 0.25) is 0 Å². The number of fused-ring (bicyclic) bond motifs is 2. The van der Waals surface area contributed by atoms with Crippen LogP contribution in [0.5, 0.6) is 0 Å². The van der Waals surface area contributed by atoms with Gasteiger partial charge in [-0.3, -0.25) is 19.6 Å². The number of hydrogen-bond acceptors (Lipinski definition) is 4. The number of pyridine rings is 3. The first kappa shape index (κ1) is 29.8. The Hall–Kier alpha value is -3.18. The molecule has 1 aliphatic carbocycles. The van der Waals surface area contributed by atoms with Gasteiger partial charge in [-0.2, -0.15) is 0 Å². The van der Waals surface area contributed by atoms with Gasteiger partial charge in [-0.25, -0.2) is 0 Å². The van der Waals surface area contributed by atoms with Crippen molar-refractivity contribution in [3.63, 3.8) is 0 Å². The summed E-state index contributed by atoms with van der Waals surface area (Å²) < 4.78 is 2.03. The molecule has 0 amide bonds. The SMILES string of the molecule is CC(C)(C)c1ccncc1.C[n+]1[n-]c(-c2cc3ccncc3c(-c3cc(C(C)(C)C)n[n-]3)n2)c2c1CCCC2.[Pt+2]. The first-order chi connectivity index (χ1) is 18.5. The van der Waals surface area contributed by atoms with Gasteiger partial charge < -0.3 is 15.3 Å². The van der Waals surface area contributed by atoms with Crippen molar-refractivity contribution in [1.82, 2.24) is 30.2 Å². The van der Waals surface area contributed by atoms with Gasteiger partial charge >= 0.3 is 21.1 Å². The Morgan fingerprint density at radius 1 is 0.850 bits per heavy atom. The molecule has 210 valence electrons. The summed E-state index contributed by atoms with van der Waals surface area (Å²) in [6.07, 6.45) is 11.9. The molecule has 0 N–H and O–H groups in total. The number of hydrogen-bond donors (Lipinski definition) is 0. The summed E-state index contributed by atoms with van der Waals surface area (Å²) in [4.78, 5) is 13.3. The van der Waals surface area contributed by atoms with Crippen molar-refractivity contribution in [2.45, 2.75) is 78.1 Å². The van der Waals surface area contributed by atoms with Gasteiger partial charge in [0.05, 0.1) is 11.4 Å². The molecule has 5 aromatic heterocycles. The zero-order chi connectivity index (χ0) is 27.8. The molecule has 40 heavy (non-hydrogen) atoms. The quantitative estimate of drug-likeness (QED) is 0.220. The average Bonchev–Trinajstić information content (AvgIpc) is 3.54. The standard InChI is InChI=1S/C23H25N6.C9H13N.Pt/c1-23(2,3)20-12-18(26-27-20)21-16-13-24-10-9-14(16)11-17(25-21)22-15-7-5-6-8-19(15)29(4)28-22;1-9(2,3)8-4-6-10-7-5-8;/h9-13H,5-8H2,1-4H3;4-7H,1-3H3;/q-1;;+2. The molecule has 0 saturated heterocycles. The van der Waals surface area contributed by atoms with E-state index in [1.807, 2.05) is 48.6 Å². The van der Waals surface area contributed by atoms with E-state index in [1.165, 1.54) is 29.7 Å². The van der Waals surface area contributed by atoms with Crippen LogP contribution in [-0.2, 0) is 51.8 Å². The minimum Gasteiger partial charge on any atom is -0.573 e. The molecule has 6 rings (SSSR count). The second kappa shape index (κ2) is 11.7. The Bertz CT molecular complexity index is 1590. The summed E-state index contributed by atoms with van der Waals surface area (Å²) in [5.41, 5.74) is 8.69. The van der Waals surface area contributed by atoms with Crippen LogP contribution < -0.4 is 14.9 Å². The van der Waals surface area contributed by atoms with Gasteiger partial charge in [0.25, 0.3) is 0 Å². The van der Waals surface area contributed by atoms with Crippen LogP contribution in [0.15, 0.2) is 55.1 Å². The predicted octanol–water partition coefficient (Wildman–Crippen LogP) is 5.65. The van der Waals surface area contributed by atoms with Gasteiger partial charge in [-0.1, -0.05) is 59.0 Å². The molecule has 0 radical (unpaired) electrons. The number of aromatic nitrogens is 7. The molecule has 0 aliphatic heterocycles. The summed E-state index contributed by atoms with van der Waals surface area (Å²) in [6.45, 7) is 13.0. The third kappa shape index (κ3) is 6.25. The number of aryl methyl sites for hydroxylation is 1. The monoisotopic (exact) mass is 715 g/mol. The fraction of sp³-hybridized carbons (Fsp3) is 0.406. The van der Waals surface area contributed by atoms with Gasteiger partial charge in [0.15, 0.2) is 5.69 Å². The van der Waals surface area contributed by atoms with Crippen LogP contribution in [0.25, 0.3) is 33.5 Å². The maximum atomic E-state index is 5.04. The Morgan fingerprint density at radius 2 is 1.55 bits per heavy atom. The second-order valence-corrected chi connectivity index (χ2v) is 12.4. The minimum absolute atomic E-state index is 0. The van der Waals surface area contributed by atoms with Crippen molar-refractivity contribution >= 4 is 10.8 Å². The van der Waals surface area contributed by atoms with E-state index < -0.39 is 0 Å². The third-order valence-corrected chi connectivity index (χ3v) is 7.34. The maximum absolute atomic E-state index is 5.04. The molecular weight excluding hydrogens is 677 g/mol. The Morgan fingerprint density at radius 3 is 2.20 bits per heavy atom. The Balaban J connectivity index is 0.000000287. The molecule has 5 aromatic rings. The van der Waals surface area contributed by atoms with Gasteiger partial charge in [-0.15, -0.1) is 0 Å². The molecular formula is C32H38N7Pt+. The van der Waals surface area contributed by atoms with Crippen LogP contribution in [-0.4, -0.2) is 20.1 Å². The topological polar surface area (TPSA) is 83.6 Å². The third-order valence-electron chi connectivity index (χ3n) is 7.34. The van der Waals surface area contributed by atoms with Crippen molar-refractivity contribution in [3.05, 3.63) is 77.6 Å². The van der Waals surface area contributed by atoms with Crippen molar-refractivity contribution in [2.75, 3.05) is 0 Å². The van der Waals surface area contributed by atoms with E-state index in [1.54, 1.807) is 0 Å². The molecule has 0 unspecified atom stereocenters. The van der Waals surface area contributed by atoms with Crippen LogP contribution >= 0.6 is 0 Å².